The molecule has 2 amide bonds. The second kappa shape index (κ2) is 6.61. The lowest BCUT2D eigenvalue weighted by molar-refractivity contribution is -0.130. The fourth-order valence-corrected chi connectivity index (χ4v) is 3.02. The summed E-state index contributed by atoms with van der Waals surface area (Å²) in [6, 6.07) is 2.85. The maximum atomic E-state index is 13.2. The number of hydrogen-bond acceptors (Lipinski definition) is 4. The van der Waals surface area contributed by atoms with E-state index in [-0.39, 0.29) is 25.3 Å². The molecule has 1 aromatic carbocycles. The third-order valence-corrected chi connectivity index (χ3v) is 4.11. The van der Waals surface area contributed by atoms with Crippen LogP contribution < -0.4 is 4.72 Å². The molecule has 126 valence electrons. The molecule has 1 fully saturated rings. The molecular weight excluding hydrogens is 330 g/mol. The first-order valence-corrected chi connectivity index (χ1v) is 8.79. The molecule has 0 bridgehead atoms. The van der Waals surface area contributed by atoms with Crippen LogP contribution in [0.15, 0.2) is 18.2 Å². The number of sulfonamides is 1. The first-order chi connectivity index (χ1) is 10.7. The standard InChI is InChI=1S/C14H16F2N2O4S/c1-23(21,22)17-13(19)7-10-3-5-14(20)18(10)8-9-2-4-11(15)12(16)6-9/h2,4,6,10H,3,5,7-8H2,1H3,(H,17,19). The second-order valence-electron chi connectivity index (χ2n) is 5.46. The molecule has 1 aliphatic heterocycles. The molecule has 0 aliphatic carbocycles. The molecule has 0 radical (unpaired) electrons. The van der Waals surface area contributed by atoms with E-state index in [1.54, 1.807) is 0 Å². The number of benzene rings is 1. The van der Waals surface area contributed by atoms with Crippen molar-refractivity contribution in [2.75, 3.05) is 6.26 Å². The highest BCUT2D eigenvalue weighted by atomic mass is 32.2. The lowest BCUT2D eigenvalue weighted by Gasteiger charge is -2.24. The Morgan fingerprint density at radius 2 is 2.04 bits per heavy atom. The van der Waals surface area contributed by atoms with Crippen LogP contribution in [-0.4, -0.2) is 37.4 Å². The highest BCUT2D eigenvalue weighted by molar-refractivity contribution is 7.89. The number of nitrogens with zero attached hydrogens (tertiary/aromatic N) is 1. The SMILES string of the molecule is CS(=O)(=O)NC(=O)CC1CCC(=O)N1Cc1ccc(F)c(F)c1. The van der Waals surface area contributed by atoms with Gasteiger partial charge >= 0.3 is 0 Å². The van der Waals surface area contributed by atoms with Crippen LogP contribution in [0, 0.1) is 11.6 Å². The predicted molar refractivity (Wildman–Crippen MR) is 77.5 cm³/mol. The Morgan fingerprint density at radius 3 is 2.65 bits per heavy atom. The lowest BCUT2D eigenvalue weighted by Crippen LogP contribution is -2.38. The van der Waals surface area contributed by atoms with Crippen LogP contribution in [0.4, 0.5) is 8.78 Å². The average Bonchev–Trinajstić information content (AvgIpc) is 2.73. The van der Waals surface area contributed by atoms with E-state index >= 15 is 0 Å². The van der Waals surface area contributed by atoms with Crippen molar-refractivity contribution in [3.05, 3.63) is 35.4 Å². The highest BCUT2D eigenvalue weighted by Gasteiger charge is 2.32. The van der Waals surface area contributed by atoms with E-state index in [2.05, 4.69) is 0 Å². The first-order valence-electron chi connectivity index (χ1n) is 6.90. The number of nitrogens with one attached hydrogen (secondary N) is 1. The molecule has 1 heterocycles. The van der Waals surface area contributed by atoms with E-state index in [1.807, 2.05) is 4.72 Å². The summed E-state index contributed by atoms with van der Waals surface area (Å²) in [5, 5.41) is 0. The second-order valence-corrected chi connectivity index (χ2v) is 7.21. The normalized spacial score (nSPS) is 18.3. The Bertz CT molecular complexity index is 736. The van der Waals surface area contributed by atoms with Gasteiger partial charge in [-0.05, 0) is 24.1 Å². The summed E-state index contributed by atoms with van der Waals surface area (Å²) >= 11 is 0. The maximum Gasteiger partial charge on any atom is 0.235 e. The number of rotatable bonds is 5. The zero-order chi connectivity index (χ0) is 17.2. The summed E-state index contributed by atoms with van der Waals surface area (Å²) in [4.78, 5) is 25.0. The first kappa shape index (κ1) is 17.3. The molecule has 1 aromatic rings. The minimum absolute atomic E-state index is 0.0346. The third-order valence-electron chi connectivity index (χ3n) is 3.51. The Kier molecular flexibility index (Phi) is 4.98. The molecule has 0 spiro atoms. The summed E-state index contributed by atoms with van der Waals surface area (Å²) < 4.78 is 50.1. The van der Waals surface area contributed by atoms with E-state index in [0.717, 1.165) is 18.4 Å². The Hall–Kier alpha value is -2.03. The van der Waals surface area contributed by atoms with Crippen molar-refractivity contribution in [3.63, 3.8) is 0 Å². The molecule has 23 heavy (non-hydrogen) atoms. The zero-order valence-corrected chi connectivity index (χ0v) is 13.2. The van der Waals surface area contributed by atoms with Gasteiger partial charge in [0.05, 0.1) is 6.26 Å². The summed E-state index contributed by atoms with van der Waals surface area (Å²) in [7, 11) is -3.66. The molecule has 2 rings (SSSR count). The molecule has 1 aliphatic rings. The number of hydrogen-bond donors (Lipinski definition) is 1. The van der Waals surface area contributed by atoms with Crippen molar-refractivity contribution in [2.24, 2.45) is 0 Å². The Labute approximate surface area is 132 Å². The van der Waals surface area contributed by atoms with E-state index in [4.69, 9.17) is 0 Å². The van der Waals surface area contributed by atoms with E-state index in [9.17, 15) is 26.8 Å². The van der Waals surface area contributed by atoms with E-state index < -0.39 is 33.6 Å². The molecule has 0 saturated carbocycles. The largest absolute Gasteiger partial charge is 0.335 e. The monoisotopic (exact) mass is 346 g/mol. The molecule has 1 N–H and O–H groups in total. The number of halogens is 2. The molecule has 0 aromatic heterocycles. The fraction of sp³-hybridized carbons (Fsp3) is 0.429. The van der Waals surface area contributed by atoms with Gasteiger partial charge in [0.25, 0.3) is 0 Å². The van der Waals surface area contributed by atoms with Crippen molar-refractivity contribution in [1.29, 1.82) is 0 Å². The van der Waals surface area contributed by atoms with Gasteiger partial charge in [0.1, 0.15) is 0 Å². The summed E-state index contributed by atoms with van der Waals surface area (Å²) in [6.07, 6.45) is 1.33. The Balaban J connectivity index is 2.07. The summed E-state index contributed by atoms with van der Waals surface area (Å²) in [5.74, 6) is -2.92. The fourth-order valence-electron chi connectivity index (χ4n) is 2.52. The number of likely N-dealkylation sites (tertiary alicyclic amines) is 1. The highest BCUT2D eigenvalue weighted by Crippen LogP contribution is 2.24. The van der Waals surface area contributed by atoms with Gasteiger partial charge in [-0.1, -0.05) is 6.07 Å². The molecule has 6 nitrogen and oxygen atoms in total. The quantitative estimate of drug-likeness (QED) is 0.859. The number of carbonyl (C=O) groups is 2. The van der Waals surface area contributed by atoms with Crippen LogP contribution in [0.1, 0.15) is 24.8 Å². The van der Waals surface area contributed by atoms with Crippen LogP contribution in [-0.2, 0) is 26.2 Å². The van der Waals surface area contributed by atoms with Gasteiger partial charge in [-0.3, -0.25) is 14.3 Å². The Morgan fingerprint density at radius 1 is 1.35 bits per heavy atom. The summed E-state index contributed by atoms with van der Waals surface area (Å²) in [6.45, 7) is 0.0346. The van der Waals surface area contributed by atoms with Gasteiger partial charge in [-0.15, -0.1) is 0 Å². The van der Waals surface area contributed by atoms with E-state index in [0.29, 0.717) is 12.0 Å². The van der Waals surface area contributed by atoms with E-state index in [1.165, 1.54) is 11.0 Å². The van der Waals surface area contributed by atoms with Crippen molar-refractivity contribution in [1.82, 2.24) is 9.62 Å². The molecule has 1 unspecified atom stereocenters. The van der Waals surface area contributed by atoms with Crippen molar-refractivity contribution in [2.45, 2.75) is 31.8 Å². The van der Waals surface area contributed by atoms with Gasteiger partial charge in [0.2, 0.25) is 21.8 Å². The molecule has 9 heteroatoms. The zero-order valence-electron chi connectivity index (χ0n) is 12.4. The number of carbonyl (C=O) groups excluding carboxylic acids is 2. The third kappa shape index (κ3) is 4.72. The molecule has 1 saturated heterocycles. The van der Waals surface area contributed by atoms with Gasteiger partial charge in [-0.25, -0.2) is 17.2 Å². The minimum atomic E-state index is -3.66. The van der Waals surface area contributed by atoms with Crippen LogP contribution in [0.5, 0.6) is 0 Å². The smallest absolute Gasteiger partial charge is 0.235 e. The van der Waals surface area contributed by atoms with Crippen LogP contribution in [0.2, 0.25) is 0 Å². The van der Waals surface area contributed by atoms with Crippen molar-refractivity contribution >= 4 is 21.8 Å². The van der Waals surface area contributed by atoms with Gasteiger partial charge in [0, 0.05) is 25.4 Å². The average molecular weight is 346 g/mol. The van der Waals surface area contributed by atoms with Gasteiger partial charge in [0.15, 0.2) is 11.6 Å². The molecular formula is C14H16F2N2O4S. The number of amides is 2. The lowest BCUT2D eigenvalue weighted by atomic mass is 10.1. The van der Waals surface area contributed by atoms with Crippen molar-refractivity contribution in [3.8, 4) is 0 Å². The van der Waals surface area contributed by atoms with Crippen LogP contribution in [0.3, 0.4) is 0 Å². The van der Waals surface area contributed by atoms with Crippen molar-refractivity contribution < 1.29 is 26.8 Å². The van der Waals surface area contributed by atoms with Gasteiger partial charge < -0.3 is 4.90 Å². The molecule has 1 atom stereocenters. The minimum Gasteiger partial charge on any atom is -0.335 e. The predicted octanol–water partition coefficient (Wildman–Crippen LogP) is 0.922. The topological polar surface area (TPSA) is 83.5 Å². The van der Waals surface area contributed by atoms with Crippen LogP contribution >= 0.6 is 0 Å². The summed E-state index contributed by atoms with van der Waals surface area (Å²) in [5.41, 5.74) is 0.396. The maximum absolute atomic E-state index is 13.2. The van der Waals surface area contributed by atoms with Crippen LogP contribution in [0.25, 0.3) is 0 Å². The van der Waals surface area contributed by atoms with Gasteiger partial charge in [-0.2, -0.15) is 0 Å².